The zero-order valence-electron chi connectivity index (χ0n) is 26.6. The number of benzene rings is 5. The third-order valence-corrected chi connectivity index (χ3v) is 13.3. The van der Waals surface area contributed by atoms with E-state index < -0.39 is 36.1 Å². The maximum Gasteiger partial charge on any atom is 0.339 e. The van der Waals surface area contributed by atoms with E-state index in [1.165, 1.54) is 37.4 Å². The molecule has 47 heavy (non-hydrogen) atoms. The van der Waals surface area contributed by atoms with Gasteiger partial charge in [-0.25, -0.2) is 3.63 Å². The number of methoxy groups -OCH3 is 1. The Bertz CT molecular complexity index is 2000. The van der Waals surface area contributed by atoms with Crippen molar-refractivity contribution in [1.29, 1.82) is 0 Å². The molecule has 0 aromatic heterocycles. The Balaban J connectivity index is 1.60. The molecule has 0 aliphatic rings. The Hall–Kier alpha value is -4.29. The molecule has 11 heteroatoms. The lowest BCUT2D eigenvalue weighted by Gasteiger charge is -2.39. The first kappa shape index (κ1) is 34.1. The molecule has 5 aromatic carbocycles. The molecule has 0 fully saturated rings. The molecule has 0 saturated carbocycles. The molecule has 5 rings (SSSR count). The van der Waals surface area contributed by atoms with Crippen molar-refractivity contribution in [2.75, 3.05) is 7.11 Å². The number of hydrogen-bond donors (Lipinski definition) is 0. The maximum absolute atomic E-state index is 14.3. The van der Waals surface area contributed by atoms with Crippen LogP contribution in [0.15, 0.2) is 152 Å². The molecule has 0 amide bonds. The Kier molecular flexibility index (Phi) is 9.74. The van der Waals surface area contributed by atoms with E-state index in [0.717, 1.165) is 5.56 Å². The number of rotatable bonds is 11. The minimum Gasteiger partial charge on any atom is -0.493 e. The number of aryl methyl sites for hydroxylation is 1. The van der Waals surface area contributed by atoms with Crippen molar-refractivity contribution in [1.82, 2.24) is 0 Å². The highest BCUT2D eigenvalue weighted by molar-refractivity contribution is 8.33. The summed E-state index contributed by atoms with van der Waals surface area (Å²) in [5.74, 6) is 0.347. The van der Waals surface area contributed by atoms with Gasteiger partial charge in [-0.2, -0.15) is 16.8 Å². The van der Waals surface area contributed by atoms with Gasteiger partial charge in [0.1, 0.15) is 16.2 Å². The summed E-state index contributed by atoms with van der Waals surface area (Å²) in [5, 5.41) is 0. The lowest BCUT2D eigenvalue weighted by atomic mass is 10.2. The van der Waals surface area contributed by atoms with E-state index in [4.69, 9.17) is 17.3 Å². The van der Waals surface area contributed by atoms with Crippen LogP contribution >= 0.6 is 10.3 Å². The molecule has 0 aliphatic carbocycles. The molecule has 8 nitrogen and oxygen atoms in total. The first-order valence-corrected chi connectivity index (χ1v) is 19.0. The standard InChI is InChI=1S/C36H36O8S3/c1-27-16-20-32(21-17-27)46(37,38)43-34-25-24-33(26-35(34)41-5)47(39,40)44-45(29-12-8-6-9-13-29,30-14-10-7-11-15-30)31-22-18-28(19-23-31)42-36(2,3)4/h6-26H,1-5H3. The lowest BCUT2D eigenvalue weighted by Crippen LogP contribution is -2.22. The summed E-state index contributed by atoms with van der Waals surface area (Å²) in [7, 11) is -10.4. The fraction of sp³-hybridized carbons (Fsp3) is 0.167. The van der Waals surface area contributed by atoms with Crippen LogP contribution in [0.4, 0.5) is 0 Å². The van der Waals surface area contributed by atoms with Crippen molar-refractivity contribution in [3.05, 3.63) is 133 Å². The molecule has 5 aromatic rings. The van der Waals surface area contributed by atoms with E-state index in [9.17, 15) is 16.8 Å². The summed E-state index contributed by atoms with van der Waals surface area (Å²) in [5.41, 5.74) is 0.452. The van der Waals surface area contributed by atoms with Crippen LogP contribution in [0.5, 0.6) is 17.2 Å². The third-order valence-electron chi connectivity index (χ3n) is 6.85. The molecule has 0 atom stereocenters. The molecule has 0 N–H and O–H groups in total. The van der Waals surface area contributed by atoms with Crippen LogP contribution < -0.4 is 13.7 Å². The van der Waals surface area contributed by atoms with Gasteiger partial charge < -0.3 is 13.7 Å². The van der Waals surface area contributed by atoms with Crippen LogP contribution in [0.2, 0.25) is 0 Å². The van der Waals surface area contributed by atoms with Crippen LogP contribution in [-0.4, -0.2) is 29.5 Å². The van der Waals surface area contributed by atoms with Gasteiger partial charge in [0.2, 0.25) is 0 Å². The highest BCUT2D eigenvalue weighted by Gasteiger charge is 2.39. The number of hydrogen-bond acceptors (Lipinski definition) is 8. The number of ether oxygens (including phenoxy) is 2. The maximum atomic E-state index is 14.3. The Morgan fingerprint density at radius 2 is 1.02 bits per heavy atom. The van der Waals surface area contributed by atoms with E-state index in [2.05, 4.69) is 0 Å². The Morgan fingerprint density at radius 3 is 1.53 bits per heavy atom. The second kappa shape index (κ2) is 13.4. The summed E-state index contributed by atoms with van der Waals surface area (Å²) in [6.07, 6.45) is 0. The van der Waals surface area contributed by atoms with Gasteiger partial charge in [-0.15, -0.1) is 0 Å². The van der Waals surface area contributed by atoms with Crippen LogP contribution in [0.1, 0.15) is 26.3 Å². The molecule has 0 bridgehead atoms. The van der Waals surface area contributed by atoms with Gasteiger partial charge in [-0.05, 0) is 111 Å². The molecule has 0 radical (unpaired) electrons. The third kappa shape index (κ3) is 7.65. The van der Waals surface area contributed by atoms with E-state index in [1.807, 2.05) is 100 Å². The first-order valence-electron chi connectivity index (χ1n) is 14.6. The smallest absolute Gasteiger partial charge is 0.339 e. The molecular weight excluding hydrogens is 657 g/mol. The summed E-state index contributed by atoms with van der Waals surface area (Å²) in [6.45, 7) is 7.68. The van der Waals surface area contributed by atoms with Crippen LogP contribution in [-0.2, 0) is 23.9 Å². The van der Waals surface area contributed by atoms with E-state index in [-0.39, 0.29) is 21.3 Å². The zero-order chi connectivity index (χ0) is 33.9. The average Bonchev–Trinajstić information content (AvgIpc) is 3.04. The Morgan fingerprint density at radius 1 is 0.532 bits per heavy atom. The highest BCUT2D eigenvalue weighted by Crippen LogP contribution is 2.70. The van der Waals surface area contributed by atoms with Gasteiger partial charge in [-0.3, -0.25) is 0 Å². The quantitative estimate of drug-likeness (QED) is 0.127. The second-order valence-electron chi connectivity index (χ2n) is 11.6. The summed E-state index contributed by atoms with van der Waals surface area (Å²) in [6, 6.07) is 35.4. The van der Waals surface area contributed by atoms with E-state index in [0.29, 0.717) is 20.4 Å². The molecule has 0 unspecified atom stereocenters. The highest BCUT2D eigenvalue weighted by atomic mass is 32.3. The van der Waals surface area contributed by atoms with Crippen molar-refractivity contribution in [3.63, 3.8) is 0 Å². The first-order chi connectivity index (χ1) is 22.2. The molecular formula is C36H36O8S3. The molecule has 0 saturated heterocycles. The van der Waals surface area contributed by atoms with Crippen molar-refractivity contribution in [3.8, 4) is 17.2 Å². The summed E-state index contributed by atoms with van der Waals surface area (Å²) >= 11 is 0. The second-order valence-corrected chi connectivity index (χ2v) is 17.6. The van der Waals surface area contributed by atoms with Crippen LogP contribution in [0, 0.1) is 6.92 Å². The summed E-state index contributed by atoms with van der Waals surface area (Å²) < 4.78 is 77.8. The predicted octanol–water partition coefficient (Wildman–Crippen LogP) is 8.55. The van der Waals surface area contributed by atoms with Gasteiger partial charge in [0, 0.05) is 20.8 Å². The van der Waals surface area contributed by atoms with Crippen LogP contribution in [0.3, 0.4) is 0 Å². The van der Waals surface area contributed by atoms with Gasteiger partial charge in [0.15, 0.2) is 11.5 Å². The minimum atomic E-state index is -4.53. The molecule has 0 aliphatic heterocycles. The van der Waals surface area contributed by atoms with Gasteiger partial charge >= 0.3 is 20.2 Å². The molecule has 0 spiro atoms. The van der Waals surface area contributed by atoms with Gasteiger partial charge in [0.25, 0.3) is 0 Å². The fourth-order valence-electron chi connectivity index (χ4n) is 4.72. The predicted molar refractivity (Wildman–Crippen MR) is 182 cm³/mol. The SMILES string of the molecule is COc1cc(S(=O)(=O)OS(c2ccccc2)(c2ccccc2)c2ccc(OC(C)(C)C)cc2)ccc1OS(=O)(=O)c1ccc(C)cc1. The van der Waals surface area contributed by atoms with Crippen molar-refractivity contribution in [2.45, 2.75) is 57.8 Å². The van der Waals surface area contributed by atoms with E-state index >= 15 is 0 Å². The zero-order valence-corrected chi connectivity index (χ0v) is 29.1. The largest absolute Gasteiger partial charge is 0.493 e. The van der Waals surface area contributed by atoms with Crippen molar-refractivity contribution in [2.24, 2.45) is 0 Å². The monoisotopic (exact) mass is 692 g/mol. The van der Waals surface area contributed by atoms with Crippen molar-refractivity contribution >= 4 is 30.5 Å². The van der Waals surface area contributed by atoms with Gasteiger partial charge in [-0.1, -0.05) is 54.1 Å². The molecule has 246 valence electrons. The molecule has 0 heterocycles. The van der Waals surface area contributed by atoms with E-state index in [1.54, 1.807) is 24.3 Å². The van der Waals surface area contributed by atoms with Crippen molar-refractivity contribution < 1.29 is 34.1 Å². The minimum absolute atomic E-state index is 0.0526. The van der Waals surface area contributed by atoms with Gasteiger partial charge in [0.05, 0.1) is 12.0 Å². The lowest BCUT2D eigenvalue weighted by molar-refractivity contribution is 0.131. The van der Waals surface area contributed by atoms with Crippen LogP contribution in [0.25, 0.3) is 0 Å². The average molecular weight is 693 g/mol. The fourth-order valence-corrected chi connectivity index (χ4v) is 10.9. The Labute approximate surface area is 278 Å². The normalized spacial score (nSPS) is 12.7. The summed E-state index contributed by atoms with van der Waals surface area (Å²) in [4.78, 5) is 1.62. The topological polar surface area (TPSA) is 105 Å².